The number of rotatable bonds is 52. The van der Waals surface area contributed by atoms with Crippen LogP contribution in [0.3, 0.4) is 0 Å². The van der Waals surface area contributed by atoms with Gasteiger partial charge in [0.15, 0.2) is 0 Å². The number of phosphoric acid groups is 1. The topological polar surface area (TPSA) is 111 Å². The van der Waals surface area contributed by atoms with E-state index in [4.69, 9.17) is 13.8 Å². The molecule has 3 unspecified atom stereocenters. The Hall–Kier alpha value is -3.07. The minimum atomic E-state index is -4.46. The molecule has 0 aromatic rings. The number of unbranched alkanes of at least 4 members (excludes halogenated alkanes) is 22. The zero-order valence-electron chi connectivity index (χ0n) is 47.8. The summed E-state index contributed by atoms with van der Waals surface area (Å²) in [6, 6.07) is -0.879. The van der Waals surface area contributed by atoms with Gasteiger partial charge in [0.05, 0.1) is 33.8 Å². The normalized spacial score (nSPS) is 14.5. The number of likely N-dealkylation sites (N-methyl/N-ethyl adjacent to an activating group) is 1. The van der Waals surface area contributed by atoms with Crippen LogP contribution in [-0.4, -0.2) is 74.3 Å². The molecule has 0 spiro atoms. The number of phosphoric ester groups is 1. The van der Waals surface area contributed by atoms with E-state index >= 15 is 0 Å². The van der Waals surface area contributed by atoms with E-state index in [1.165, 1.54) is 96.3 Å². The quantitative estimate of drug-likeness (QED) is 0.0205. The third-order valence-electron chi connectivity index (χ3n) is 12.5. The van der Waals surface area contributed by atoms with Gasteiger partial charge in [-0.2, -0.15) is 0 Å². The number of esters is 1. The van der Waals surface area contributed by atoms with E-state index < -0.39 is 20.0 Å². The summed E-state index contributed by atoms with van der Waals surface area (Å²) in [7, 11) is 1.45. The molecule has 0 saturated heterocycles. The molecule has 0 radical (unpaired) electrons. The SMILES string of the molecule is CCCCC/C=C\C/C=C\C/C=C\C/C=C\CCCCCC(=O)NC(COP(=O)(O)OCC[N+](C)(C)C)C(/C=C/CCCCCCCCCCC)OC(=O)CCCCCC/C=C\C/C=C\C/C=C\CCCCC. The van der Waals surface area contributed by atoms with Crippen LogP contribution >= 0.6 is 7.82 Å². The van der Waals surface area contributed by atoms with Crippen molar-refractivity contribution in [3.8, 4) is 0 Å². The predicted molar refractivity (Wildman–Crippen MR) is 314 cm³/mol. The number of ether oxygens (including phenoxy) is 1. The van der Waals surface area contributed by atoms with Crippen LogP contribution in [0.2, 0.25) is 0 Å². The van der Waals surface area contributed by atoms with Gasteiger partial charge in [-0.25, -0.2) is 4.57 Å². The van der Waals surface area contributed by atoms with Gasteiger partial charge in [0.1, 0.15) is 19.3 Å². The molecule has 0 aliphatic rings. The van der Waals surface area contributed by atoms with E-state index in [1.54, 1.807) is 0 Å². The number of nitrogens with one attached hydrogen (secondary N) is 1. The van der Waals surface area contributed by atoms with Crippen LogP contribution in [0.5, 0.6) is 0 Å². The van der Waals surface area contributed by atoms with Gasteiger partial charge in [-0.05, 0) is 115 Å². The maximum Gasteiger partial charge on any atom is 0.472 e. The van der Waals surface area contributed by atoms with E-state index in [0.717, 1.165) is 96.3 Å². The summed E-state index contributed by atoms with van der Waals surface area (Å²) in [6.45, 7) is 6.89. The number of allylic oxidation sites excluding steroid dienone is 15. The van der Waals surface area contributed by atoms with Crippen LogP contribution in [-0.2, 0) is 27.9 Å². The monoisotopic (exact) mass is 1040 g/mol. The lowest BCUT2D eigenvalue weighted by molar-refractivity contribution is -0.870. The molecule has 0 aliphatic heterocycles. The van der Waals surface area contributed by atoms with Gasteiger partial charge in [0, 0.05) is 12.8 Å². The fourth-order valence-electron chi connectivity index (χ4n) is 7.87. The number of carbonyl (C=O) groups excluding carboxylic acids is 2. The van der Waals surface area contributed by atoms with Crippen molar-refractivity contribution in [2.75, 3.05) is 40.9 Å². The van der Waals surface area contributed by atoms with E-state index in [2.05, 4.69) is 111 Å². The first-order valence-electron chi connectivity index (χ1n) is 29.6. The standard InChI is InChI=1S/C63H111N2O7P/c1-7-10-13-16-19-22-25-27-29-31-32-34-35-37-40-43-46-49-52-55-62(66)64-60(59-71-73(68,69)70-58-57-65(4,5)6)61(54-51-48-45-42-39-24-21-18-15-12-9-3)72-63(67)56-53-50-47-44-41-38-36-33-30-28-26-23-20-17-14-11-8-2/h19-20,22-23,27-30,32,34,36-38,40,51,54,60-61H,7-18,21,24-26,31,33,35,39,41-50,52-53,55-59H2,1-6H3,(H-,64,66,68,69)/p+1/b22-19-,23-20-,29-27-,30-28-,34-32-,38-36-,40-37-,54-51+. The van der Waals surface area contributed by atoms with Crippen molar-refractivity contribution in [3.05, 3.63) is 97.2 Å². The van der Waals surface area contributed by atoms with E-state index in [1.807, 2.05) is 33.3 Å². The molecule has 0 aromatic heterocycles. The van der Waals surface area contributed by atoms with Crippen molar-refractivity contribution in [1.29, 1.82) is 0 Å². The molecule has 0 saturated carbocycles. The molecule has 0 fully saturated rings. The molecule has 0 aromatic carbocycles. The lowest BCUT2D eigenvalue weighted by atomic mass is 10.1. The number of amides is 1. The Kier molecular flexibility index (Phi) is 50.2. The third kappa shape index (κ3) is 53.6. The zero-order valence-corrected chi connectivity index (χ0v) is 48.7. The first-order valence-corrected chi connectivity index (χ1v) is 31.1. The number of quaternary nitrogens is 1. The van der Waals surface area contributed by atoms with Crippen molar-refractivity contribution >= 4 is 19.7 Å². The lowest BCUT2D eigenvalue weighted by Crippen LogP contribution is -2.47. The second-order valence-corrected chi connectivity index (χ2v) is 22.3. The van der Waals surface area contributed by atoms with E-state index in [-0.39, 0.29) is 37.9 Å². The highest BCUT2D eigenvalue weighted by atomic mass is 31.2. The fourth-order valence-corrected chi connectivity index (χ4v) is 8.61. The summed E-state index contributed by atoms with van der Waals surface area (Å²) in [6.07, 6.45) is 69.7. The van der Waals surface area contributed by atoms with Crippen LogP contribution in [0.1, 0.15) is 239 Å². The van der Waals surface area contributed by atoms with Crippen LogP contribution in [0.15, 0.2) is 97.2 Å². The number of carbonyl (C=O) groups is 2. The first-order chi connectivity index (χ1) is 35.4. The second kappa shape index (κ2) is 52.4. The molecule has 3 atom stereocenters. The molecule has 0 heterocycles. The zero-order chi connectivity index (χ0) is 53.6. The Morgan fingerprint density at radius 3 is 1.29 bits per heavy atom. The molecule has 73 heavy (non-hydrogen) atoms. The molecule has 10 heteroatoms. The predicted octanol–water partition coefficient (Wildman–Crippen LogP) is 18.0. The van der Waals surface area contributed by atoms with Crippen LogP contribution < -0.4 is 5.32 Å². The summed E-state index contributed by atoms with van der Waals surface area (Å²) in [5.41, 5.74) is 0. The third-order valence-corrected chi connectivity index (χ3v) is 13.5. The average molecular weight is 1040 g/mol. The maximum absolute atomic E-state index is 13.5. The molecular formula is C63H112N2O7P+. The highest BCUT2D eigenvalue weighted by Gasteiger charge is 2.30. The highest BCUT2D eigenvalue weighted by Crippen LogP contribution is 2.43. The maximum atomic E-state index is 13.5. The fraction of sp³-hybridized carbons (Fsp3) is 0.714. The highest BCUT2D eigenvalue weighted by molar-refractivity contribution is 7.47. The molecule has 0 aliphatic carbocycles. The number of nitrogens with zero attached hydrogens (tertiary/aromatic N) is 1. The van der Waals surface area contributed by atoms with E-state index in [9.17, 15) is 19.0 Å². The van der Waals surface area contributed by atoms with Crippen LogP contribution in [0, 0.1) is 0 Å². The van der Waals surface area contributed by atoms with Crippen molar-refractivity contribution in [3.63, 3.8) is 0 Å². The summed E-state index contributed by atoms with van der Waals surface area (Å²) in [5, 5.41) is 3.02. The van der Waals surface area contributed by atoms with Gasteiger partial charge >= 0.3 is 13.8 Å². The van der Waals surface area contributed by atoms with Crippen molar-refractivity contribution < 1.29 is 37.3 Å². The Bertz CT molecular complexity index is 1570. The number of hydrogen-bond donors (Lipinski definition) is 2. The Morgan fingerprint density at radius 1 is 0.479 bits per heavy atom. The smallest absolute Gasteiger partial charge is 0.456 e. The van der Waals surface area contributed by atoms with Crippen LogP contribution in [0.4, 0.5) is 0 Å². The molecule has 0 bridgehead atoms. The second-order valence-electron chi connectivity index (χ2n) is 20.8. The van der Waals surface area contributed by atoms with Crippen molar-refractivity contribution in [2.24, 2.45) is 0 Å². The van der Waals surface area contributed by atoms with Gasteiger partial charge in [0.2, 0.25) is 5.91 Å². The van der Waals surface area contributed by atoms with Crippen LogP contribution in [0.25, 0.3) is 0 Å². The summed E-state index contributed by atoms with van der Waals surface area (Å²) in [5.74, 6) is -0.573. The van der Waals surface area contributed by atoms with Crippen molar-refractivity contribution in [1.82, 2.24) is 5.32 Å². The van der Waals surface area contributed by atoms with Gasteiger partial charge in [-0.15, -0.1) is 0 Å². The summed E-state index contributed by atoms with van der Waals surface area (Å²) < 4.78 is 30.6. The molecule has 9 nitrogen and oxygen atoms in total. The van der Waals surface area contributed by atoms with Gasteiger partial charge < -0.3 is 19.4 Å². The average Bonchev–Trinajstić information content (AvgIpc) is 3.35. The van der Waals surface area contributed by atoms with Gasteiger partial charge in [-0.3, -0.25) is 18.6 Å². The van der Waals surface area contributed by atoms with Crippen molar-refractivity contribution in [2.45, 2.75) is 251 Å². The molecule has 2 N–H and O–H groups in total. The Labute approximate surface area is 449 Å². The lowest BCUT2D eigenvalue weighted by Gasteiger charge is -2.27. The molecule has 420 valence electrons. The minimum absolute atomic E-state index is 0.0252. The summed E-state index contributed by atoms with van der Waals surface area (Å²) in [4.78, 5) is 37.6. The first kappa shape index (κ1) is 69.9. The minimum Gasteiger partial charge on any atom is -0.456 e. The molecule has 1 amide bonds. The van der Waals surface area contributed by atoms with Gasteiger partial charge in [-0.1, -0.05) is 208 Å². The van der Waals surface area contributed by atoms with E-state index in [0.29, 0.717) is 23.9 Å². The number of hydrogen-bond acceptors (Lipinski definition) is 6. The molecular weight excluding hydrogens is 928 g/mol. The largest absolute Gasteiger partial charge is 0.472 e. The Morgan fingerprint density at radius 2 is 0.836 bits per heavy atom. The van der Waals surface area contributed by atoms with Gasteiger partial charge in [0.25, 0.3) is 0 Å². The Balaban J connectivity index is 5.40. The summed E-state index contributed by atoms with van der Waals surface area (Å²) >= 11 is 0. The molecule has 0 rings (SSSR count).